The van der Waals surface area contributed by atoms with Crippen LogP contribution in [0, 0.1) is 0 Å². The summed E-state index contributed by atoms with van der Waals surface area (Å²) in [5.41, 5.74) is 3.53. The fourth-order valence-electron chi connectivity index (χ4n) is 3.21. The summed E-state index contributed by atoms with van der Waals surface area (Å²) >= 11 is 0. The van der Waals surface area contributed by atoms with Gasteiger partial charge >= 0.3 is 0 Å². The van der Waals surface area contributed by atoms with Crippen molar-refractivity contribution >= 4 is 16.7 Å². The number of hydrogen-bond donors (Lipinski definition) is 0. The summed E-state index contributed by atoms with van der Waals surface area (Å²) in [5.74, 6) is 1.98. The zero-order valence-electron chi connectivity index (χ0n) is 13.8. The van der Waals surface area contributed by atoms with Gasteiger partial charge in [-0.2, -0.15) is 0 Å². The highest BCUT2D eigenvalue weighted by atomic mass is 16.5. The van der Waals surface area contributed by atoms with E-state index in [9.17, 15) is 0 Å². The molecule has 0 bridgehead atoms. The number of morpholine rings is 1. The van der Waals surface area contributed by atoms with E-state index in [4.69, 9.17) is 9.47 Å². The maximum absolute atomic E-state index is 5.48. The smallest absolute Gasteiger partial charge is 0.275 e. The van der Waals surface area contributed by atoms with Crippen molar-refractivity contribution < 1.29 is 14.5 Å². The lowest BCUT2D eigenvalue weighted by molar-refractivity contribution is -0.331. The molecule has 2 aromatic carbocycles. The zero-order valence-corrected chi connectivity index (χ0v) is 13.8. The van der Waals surface area contributed by atoms with Gasteiger partial charge in [0.1, 0.15) is 24.4 Å². The molecule has 0 atom stereocenters. The number of nitrogens with one attached hydrogen (secondary N) is 1. The van der Waals surface area contributed by atoms with Gasteiger partial charge in [0.25, 0.3) is 5.82 Å². The molecule has 0 radical (unpaired) electrons. The molecular formula is C20H21N2O2+. The summed E-state index contributed by atoms with van der Waals surface area (Å²) in [6.07, 6.45) is 0. The highest BCUT2D eigenvalue weighted by molar-refractivity contribution is 5.94. The molecule has 1 aromatic heterocycles. The lowest BCUT2D eigenvalue weighted by Gasteiger charge is -2.22. The number of fused-ring (bicyclic) bond motifs is 1. The first kappa shape index (κ1) is 15.0. The molecule has 122 valence electrons. The number of aromatic amines is 1. The van der Waals surface area contributed by atoms with Crippen LogP contribution in [0.1, 0.15) is 0 Å². The molecule has 4 nitrogen and oxygen atoms in total. The van der Waals surface area contributed by atoms with E-state index in [2.05, 4.69) is 52.3 Å². The van der Waals surface area contributed by atoms with Crippen LogP contribution in [0.5, 0.6) is 5.75 Å². The summed E-state index contributed by atoms with van der Waals surface area (Å²) in [4.78, 5) is 5.91. The van der Waals surface area contributed by atoms with E-state index in [0.717, 1.165) is 43.4 Å². The van der Waals surface area contributed by atoms with Crippen LogP contribution in [0.4, 0.5) is 5.82 Å². The molecular weight excluding hydrogens is 300 g/mol. The number of benzene rings is 2. The number of aromatic nitrogens is 1. The Balaban J connectivity index is 1.90. The van der Waals surface area contributed by atoms with Crippen LogP contribution in [0.3, 0.4) is 0 Å². The van der Waals surface area contributed by atoms with Gasteiger partial charge in [0, 0.05) is 23.1 Å². The lowest BCUT2D eigenvalue weighted by Crippen LogP contribution is -2.39. The number of hydrogen-bond acceptors (Lipinski definition) is 3. The first-order valence-corrected chi connectivity index (χ1v) is 8.27. The van der Waals surface area contributed by atoms with Gasteiger partial charge in [-0.15, -0.1) is 0 Å². The molecule has 4 heteroatoms. The SMILES string of the molecule is COc1ccc2c(-c3ccccc3)cc(N3CCOCC3)[nH+]c2c1. The second-order valence-electron chi connectivity index (χ2n) is 5.95. The lowest BCUT2D eigenvalue weighted by atomic mass is 10.0. The largest absolute Gasteiger partial charge is 0.497 e. The Morgan fingerprint density at radius 1 is 1.00 bits per heavy atom. The molecule has 0 spiro atoms. The predicted molar refractivity (Wildman–Crippen MR) is 95.5 cm³/mol. The van der Waals surface area contributed by atoms with Crippen molar-refractivity contribution in [2.45, 2.75) is 0 Å². The van der Waals surface area contributed by atoms with E-state index in [-0.39, 0.29) is 0 Å². The molecule has 3 aromatic rings. The second kappa shape index (κ2) is 6.49. The Morgan fingerprint density at radius 3 is 2.54 bits per heavy atom. The highest BCUT2D eigenvalue weighted by Crippen LogP contribution is 2.31. The van der Waals surface area contributed by atoms with E-state index in [0.29, 0.717) is 0 Å². The maximum Gasteiger partial charge on any atom is 0.275 e. The molecule has 1 aliphatic heterocycles. The topological polar surface area (TPSA) is 35.8 Å². The first-order chi connectivity index (χ1) is 11.8. The van der Waals surface area contributed by atoms with Crippen LogP contribution in [-0.2, 0) is 4.74 Å². The minimum atomic E-state index is 0.769. The second-order valence-corrected chi connectivity index (χ2v) is 5.95. The highest BCUT2D eigenvalue weighted by Gasteiger charge is 2.21. The Bertz CT molecular complexity index is 843. The van der Waals surface area contributed by atoms with Gasteiger partial charge in [0.15, 0.2) is 0 Å². The number of methoxy groups -OCH3 is 1. The summed E-state index contributed by atoms with van der Waals surface area (Å²) in [7, 11) is 1.70. The Morgan fingerprint density at radius 2 is 1.79 bits per heavy atom. The van der Waals surface area contributed by atoms with Crippen LogP contribution in [0.25, 0.3) is 22.0 Å². The molecule has 1 aliphatic rings. The van der Waals surface area contributed by atoms with Crippen molar-refractivity contribution in [1.82, 2.24) is 0 Å². The Labute approximate surface area is 141 Å². The average Bonchev–Trinajstić information content (AvgIpc) is 2.68. The van der Waals surface area contributed by atoms with E-state index in [1.807, 2.05) is 12.1 Å². The molecule has 1 fully saturated rings. The van der Waals surface area contributed by atoms with Crippen molar-refractivity contribution in [3.05, 3.63) is 54.6 Å². The third kappa shape index (κ3) is 2.81. The Hall–Kier alpha value is -2.59. The van der Waals surface area contributed by atoms with Crippen molar-refractivity contribution in [2.75, 3.05) is 38.3 Å². The number of ether oxygens (including phenoxy) is 2. The van der Waals surface area contributed by atoms with Gasteiger partial charge in [-0.05, 0) is 17.7 Å². The van der Waals surface area contributed by atoms with Crippen LogP contribution < -0.4 is 14.6 Å². The van der Waals surface area contributed by atoms with Gasteiger partial charge in [0.05, 0.1) is 20.3 Å². The minimum Gasteiger partial charge on any atom is -0.497 e. The fourth-order valence-corrected chi connectivity index (χ4v) is 3.21. The van der Waals surface area contributed by atoms with E-state index in [1.165, 1.54) is 16.5 Å². The van der Waals surface area contributed by atoms with Crippen LogP contribution >= 0.6 is 0 Å². The van der Waals surface area contributed by atoms with Gasteiger partial charge in [-0.1, -0.05) is 30.3 Å². The van der Waals surface area contributed by atoms with Crippen molar-refractivity contribution in [3.8, 4) is 16.9 Å². The van der Waals surface area contributed by atoms with Crippen LogP contribution in [0.15, 0.2) is 54.6 Å². The third-order valence-electron chi connectivity index (χ3n) is 4.50. The average molecular weight is 321 g/mol. The normalized spacial score (nSPS) is 14.8. The van der Waals surface area contributed by atoms with E-state index >= 15 is 0 Å². The number of rotatable bonds is 3. The molecule has 1 saturated heterocycles. The molecule has 0 unspecified atom stereocenters. The molecule has 24 heavy (non-hydrogen) atoms. The molecule has 2 heterocycles. The fraction of sp³-hybridized carbons (Fsp3) is 0.250. The Kier molecular flexibility index (Phi) is 4.05. The number of H-pyrrole nitrogens is 1. The maximum atomic E-state index is 5.48. The summed E-state index contributed by atoms with van der Waals surface area (Å²) in [6, 6.07) is 19.0. The monoisotopic (exact) mass is 321 g/mol. The van der Waals surface area contributed by atoms with Crippen LogP contribution in [0.2, 0.25) is 0 Å². The molecule has 0 amide bonds. The van der Waals surface area contributed by atoms with Gasteiger partial charge < -0.3 is 9.47 Å². The molecule has 0 saturated carbocycles. The molecule has 4 rings (SSSR count). The van der Waals surface area contributed by atoms with Gasteiger partial charge in [0.2, 0.25) is 0 Å². The van der Waals surface area contributed by atoms with Crippen molar-refractivity contribution in [3.63, 3.8) is 0 Å². The summed E-state index contributed by atoms with van der Waals surface area (Å²) < 4.78 is 10.9. The number of nitrogens with zero attached hydrogens (tertiary/aromatic N) is 1. The van der Waals surface area contributed by atoms with Crippen molar-refractivity contribution in [2.24, 2.45) is 0 Å². The summed E-state index contributed by atoms with van der Waals surface area (Å²) in [6.45, 7) is 3.34. The zero-order chi connectivity index (χ0) is 16.4. The standard InChI is InChI=1S/C20H20N2O2/c1-23-16-7-8-17-18(15-5-3-2-4-6-15)14-20(21-19(17)13-16)22-9-11-24-12-10-22/h2-8,13-14H,9-12H2,1H3/p+1. The minimum absolute atomic E-state index is 0.769. The summed E-state index contributed by atoms with van der Waals surface area (Å²) in [5, 5.41) is 1.19. The van der Waals surface area contributed by atoms with E-state index in [1.54, 1.807) is 7.11 Å². The van der Waals surface area contributed by atoms with E-state index < -0.39 is 0 Å². The van der Waals surface area contributed by atoms with Gasteiger partial charge in [-0.3, -0.25) is 4.90 Å². The molecule has 0 aliphatic carbocycles. The predicted octanol–water partition coefficient (Wildman–Crippen LogP) is 3.17. The first-order valence-electron chi connectivity index (χ1n) is 8.27. The third-order valence-corrected chi connectivity index (χ3v) is 4.50. The van der Waals surface area contributed by atoms with Crippen LogP contribution in [-0.4, -0.2) is 33.4 Å². The van der Waals surface area contributed by atoms with Crippen molar-refractivity contribution in [1.29, 1.82) is 0 Å². The number of anilines is 1. The number of pyridine rings is 1. The van der Waals surface area contributed by atoms with Gasteiger partial charge in [-0.25, -0.2) is 4.98 Å². The molecule has 1 N–H and O–H groups in total. The quantitative estimate of drug-likeness (QED) is 0.743.